The van der Waals surface area contributed by atoms with Crippen molar-refractivity contribution in [3.8, 4) is 17.2 Å². The first kappa shape index (κ1) is 17.6. The summed E-state index contributed by atoms with van der Waals surface area (Å²) in [6.07, 6.45) is 4.06. The molecule has 3 aromatic rings. The van der Waals surface area contributed by atoms with Crippen LogP contribution in [0.1, 0.15) is 35.4 Å². The van der Waals surface area contributed by atoms with Gasteiger partial charge in [-0.15, -0.1) is 0 Å². The number of nitrogens with zero attached hydrogens (tertiary/aromatic N) is 3. The minimum atomic E-state index is -0.296. The fourth-order valence-corrected chi connectivity index (χ4v) is 3.97. The molecular weight excluding hydrogens is 366 g/mol. The lowest BCUT2D eigenvalue weighted by Gasteiger charge is -2.38. The van der Waals surface area contributed by atoms with Gasteiger partial charge in [-0.25, -0.2) is 5.01 Å². The third-order valence-corrected chi connectivity index (χ3v) is 5.41. The monoisotopic (exact) mass is 387 g/mol. The van der Waals surface area contributed by atoms with Crippen molar-refractivity contribution in [1.82, 2.24) is 9.99 Å². The van der Waals surface area contributed by atoms with E-state index in [9.17, 15) is 0 Å². The van der Waals surface area contributed by atoms with Gasteiger partial charge in [-0.1, -0.05) is 18.2 Å². The van der Waals surface area contributed by atoms with E-state index in [-0.39, 0.29) is 12.3 Å². The molecule has 1 aromatic heterocycles. The highest BCUT2D eigenvalue weighted by atomic mass is 16.5. The summed E-state index contributed by atoms with van der Waals surface area (Å²) in [5, 5.41) is 7.04. The van der Waals surface area contributed by atoms with E-state index in [2.05, 4.69) is 16.1 Å². The zero-order chi connectivity index (χ0) is 19.8. The maximum atomic E-state index is 6.34. The first-order chi connectivity index (χ1) is 14.3. The molecular formula is C23H21N3O3. The molecule has 0 saturated heterocycles. The number of ether oxygens (including phenoxy) is 3. The molecule has 0 radical (unpaired) electrons. The van der Waals surface area contributed by atoms with E-state index in [1.54, 1.807) is 26.6 Å². The number of hydrazone groups is 1. The molecule has 2 aliphatic rings. The summed E-state index contributed by atoms with van der Waals surface area (Å²) in [7, 11) is 3.28. The van der Waals surface area contributed by atoms with Crippen LogP contribution in [-0.2, 0) is 0 Å². The van der Waals surface area contributed by atoms with Gasteiger partial charge in [-0.05, 0) is 36.4 Å². The second-order valence-corrected chi connectivity index (χ2v) is 7.00. The van der Waals surface area contributed by atoms with Gasteiger partial charge in [-0.2, -0.15) is 5.10 Å². The number of benzene rings is 2. The largest absolute Gasteiger partial charge is 0.493 e. The van der Waals surface area contributed by atoms with Crippen LogP contribution in [0.15, 0.2) is 72.1 Å². The van der Waals surface area contributed by atoms with Gasteiger partial charge in [0, 0.05) is 35.5 Å². The van der Waals surface area contributed by atoms with Crippen LogP contribution >= 0.6 is 0 Å². The molecule has 0 unspecified atom stereocenters. The molecule has 0 saturated carbocycles. The molecule has 0 N–H and O–H groups in total. The van der Waals surface area contributed by atoms with E-state index >= 15 is 0 Å². The fraction of sp³-hybridized carbons (Fsp3) is 0.217. The lowest BCUT2D eigenvalue weighted by molar-refractivity contribution is -0.0190. The minimum Gasteiger partial charge on any atom is -0.493 e. The van der Waals surface area contributed by atoms with Gasteiger partial charge in [0.1, 0.15) is 5.75 Å². The maximum Gasteiger partial charge on any atom is 0.213 e. The molecule has 29 heavy (non-hydrogen) atoms. The SMILES string of the molecule is COc1ccc(C2=NN3[C@@H](C2)c2ccccc2O[C@H]3c2ccncc2)cc1OC. The van der Waals surface area contributed by atoms with Gasteiger partial charge in [0.2, 0.25) is 6.23 Å². The molecule has 0 fully saturated rings. The zero-order valence-corrected chi connectivity index (χ0v) is 16.3. The van der Waals surface area contributed by atoms with Crippen LogP contribution in [0.25, 0.3) is 0 Å². The Balaban J connectivity index is 1.57. The summed E-state index contributed by atoms with van der Waals surface area (Å²) in [6, 6.07) is 18.2. The van der Waals surface area contributed by atoms with E-state index in [0.717, 1.165) is 34.6 Å². The van der Waals surface area contributed by atoms with Crippen LogP contribution in [0.2, 0.25) is 0 Å². The Hall–Kier alpha value is -3.54. The Morgan fingerprint density at radius 1 is 0.966 bits per heavy atom. The number of hydrogen-bond acceptors (Lipinski definition) is 6. The van der Waals surface area contributed by atoms with Crippen LogP contribution in [0.5, 0.6) is 17.2 Å². The van der Waals surface area contributed by atoms with E-state index in [1.807, 2.05) is 48.5 Å². The summed E-state index contributed by atoms with van der Waals surface area (Å²) in [5.74, 6) is 2.30. The van der Waals surface area contributed by atoms with Gasteiger partial charge >= 0.3 is 0 Å². The number of para-hydroxylation sites is 1. The molecule has 2 aliphatic heterocycles. The van der Waals surface area contributed by atoms with Gasteiger partial charge in [0.05, 0.1) is 26.0 Å². The van der Waals surface area contributed by atoms with Crippen molar-refractivity contribution in [3.63, 3.8) is 0 Å². The van der Waals surface area contributed by atoms with Crippen molar-refractivity contribution >= 4 is 5.71 Å². The second kappa shape index (κ2) is 7.13. The van der Waals surface area contributed by atoms with Crippen LogP contribution in [-0.4, -0.2) is 29.9 Å². The highest BCUT2D eigenvalue weighted by Crippen LogP contribution is 2.47. The summed E-state index contributed by atoms with van der Waals surface area (Å²) in [4.78, 5) is 4.13. The van der Waals surface area contributed by atoms with Crippen molar-refractivity contribution in [2.45, 2.75) is 18.7 Å². The van der Waals surface area contributed by atoms with Crippen molar-refractivity contribution < 1.29 is 14.2 Å². The quantitative estimate of drug-likeness (QED) is 0.667. The van der Waals surface area contributed by atoms with Crippen LogP contribution < -0.4 is 14.2 Å². The number of hydrogen-bond donors (Lipinski definition) is 0. The third-order valence-electron chi connectivity index (χ3n) is 5.41. The summed E-state index contributed by atoms with van der Waals surface area (Å²) >= 11 is 0. The lowest BCUT2D eigenvalue weighted by Crippen LogP contribution is -2.33. The average Bonchev–Trinajstić information content (AvgIpc) is 3.24. The molecule has 5 rings (SSSR count). The Bertz CT molecular complexity index is 1070. The Morgan fingerprint density at radius 3 is 2.55 bits per heavy atom. The Labute approximate surface area is 169 Å². The number of rotatable bonds is 4. The molecule has 0 bridgehead atoms. The molecule has 0 amide bonds. The van der Waals surface area contributed by atoms with Gasteiger partial charge in [0.15, 0.2) is 11.5 Å². The van der Waals surface area contributed by atoms with Crippen molar-refractivity contribution in [3.05, 3.63) is 83.7 Å². The fourth-order valence-electron chi connectivity index (χ4n) is 3.97. The summed E-state index contributed by atoms with van der Waals surface area (Å²) < 4.78 is 17.2. The summed E-state index contributed by atoms with van der Waals surface area (Å²) in [6.45, 7) is 0. The third kappa shape index (κ3) is 2.97. The van der Waals surface area contributed by atoms with E-state index in [0.29, 0.717) is 11.5 Å². The van der Waals surface area contributed by atoms with Crippen molar-refractivity contribution in [2.24, 2.45) is 5.10 Å². The smallest absolute Gasteiger partial charge is 0.213 e. The molecule has 0 spiro atoms. The highest BCUT2D eigenvalue weighted by Gasteiger charge is 2.40. The zero-order valence-electron chi connectivity index (χ0n) is 16.3. The van der Waals surface area contributed by atoms with Gasteiger partial charge < -0.3 is 14.2 Å². The van der Waals surface area contributed by atoms with E-state index in [1.165, 1.54) is 0 Å². The normalized spacial score (nSPS) is 19.7. The predicted octanol–water partition coefficient (Wildman–Crippen LogP) is 4.34. The number of fused-ring (bicyclic) bond motifs is 3. The number of aromatic nitrogens is 1. The number of methoxy groups -OCH3 is 2. The lowest BCUT2D eigenvalue weighted by atomic mass is 9.96. The molecule has 6 heteroatoms. The van der Waals surface area contributed by atoms with Crippen LogP contribution in [0.3, 0.4) is 0 Å². The molecule has 6 nitrogen and oxygen atoms in total. The topological polar surface area (TPSA) is 56.2 Å². The van der Waals surface area contributed by atoms with Gasteiger partial charge in [-0.3, -0.25) is 4.98 Å². The molecule has 2 aromatic carbocycles. The summed E-state index contributed by atoms with van der Waals surface area (Å²) in [5.41, 5.74) is 4.19. The average molecular weight is 387 g/mol. The molecule has 3 heterocycles. The highest BCUT2D eigenvalue weighted by molar-refractivity contribution is 6.02. The first-order valence-electron chi connectivity index (χ1n) is 9.52. The Kier molecular flexibility index (Phi) is 4.31. The van der Waals surface area contributed by atoms with Gasteiger partial charge in [0.25, 0.3) is 0 Å². The van der Waals surface area contributed by atoms with E-state index in [4.69, 9.17) is 19.3 Å². The van der Waals surface area contributed by atoms with E-state index < -0.39 is 0 Å². The molecule has 146 valence electrons. The standard InChI is InChI=1S/C23H21N3O3/c1-27-21-8-7-16(13-22(21)28-2)18-14-19-17-5-3-4-6-20(17)29-23(26(19)25-18)15-9-11-24-12-10-15/h3-13,19,23H,14H2,1-2H3/t19-,23-/m0/s1. The van der Waals surface area contributed by atoms with Crippen molar-refractivity contribution in [1.29, 1.82) is 0 Å². The molecule has 2 atom stereocenters. The van der Waals surface area contributed by atoms with Crippen LogP contribution in [0.4, 0.5) is 0 Å². The Morgan fingerprint density at radius 2 is 1.76 bits per heavy atom. The predicted molar refractivity (Wildman–Crippen MR) is 109 cm³/mol. The van der Waals surface area contributed by atoms with Crippen molar-refractivity contribution in [2.75, 3.05) is 14.2 Å². The number of pyridine rings is 1. The van der Waals surface area contributed by atoms with Crippen LogP contribution in [0, 0.1) is 0 Å². The maximum absolute atomic E-state index is 6.34. The molecule has 0 aliphatic carbocycles. The second-order valence-electron chi connectivity index (χ2n) is 7.00. The minimum absolute atomic E-state index is 0.112. The first-order valence-corrected chi connectivity index (χ1v) is 9.52.